The molecule has 0 aromatic carbocycles. The first kappa shape index (κ1) is 6.34. The molecule has 0 aromatic heterocycles. The lowest BCUT2D eigenvalue weighted by atomic mass is 9.98. The molecule has 0 aliphatic heterocycles. The summed E-state index contributed by atoms with van der Waals surface area (Å²) < 4.78 is 0. The van der Waals surface area contributed by atoms with E-state index in [1.807, 2.05) is 0 Å². The number of rotatable bonds is 0. The van der Waals surface area contributed by atoms with Crippen molar-refractivity contribution in [2.24, 2.45) is 5.92 Å². The lowest BCUT2D eigenvalue weighted by molar-refractivity contribution is 0.612. The van der Waals surface area contributed by atoms with Gasteiger partial charge in [0.1, 0.15) is 0 Å². The molecule has 8 heavy (non-hydrogen) atoms. The summed E-state index contributed by atoms with van der Waals surface area (Å²) in [6.07, 6.45) is 7.10. The summed E-state index contributed by atoms with van der Waals surface area (Å²) in [4.78, 5) is 0.729. The van der Waals surface area contributed by atoms with E-state index in [0.717, 1.165) is 10.7 Å². The standard InChI is InChI=1S/C7H11Br/c1-6-4-2-3-5-7(6)8/h2,4,6-7H,3,5H2,1H3. The van der Waals surface area contributed by atoms with Crippen LogP contribution in [0, 0.1) is 5.92 Å². The Labute approximate surface area is 59.1 Å². The summed E-state index contributed by atoms with van der Waals surface area (Å²) in [7, 11) is 0. The molecule has 0 fully saturated rings. The average Bonchev–Trinajstić information content (AvgIpc) is 1.77. The molecule has 1 heteroatoms. The molecule has 0 amide bonds. The van der Waals surface area contributed by atoms with Crippen LogP contribution in [0.5, 0.6) is 0 Å². The topological polar surface area (TPSA) is 0 Å². The summed E-state index contributed by atoms with van der Waals surface area (Å²) in [6, 6.07) is 0. The maximum atomic E-state index is 3.60. The van der Waals surface area contributed by atoms with Gasteiger partial charge in [-0.25, -0.2) is 0 Å². The predicted molar refractivity (Wildman–Crippen MR) is 40.3 cm³/mol. The molecule has 46 valence electrons. The molecule has 0 bridgehead atoms. The third-order valence-corrected chi connectivity index (χ3v) is 2.91. The predicted octanol–water partition coefficient (Wildman–Crippen LogP) is 2.74. The second-order valence-corrected chi connectivity index (χ2v) is 3.56. The normalized spacial score (nSPS) is 37.8. The Balaban J connectivity index is 2.47. The molecule has 0 radical (unpaired) electrons. The van der Waals surface area contributed by atoms with Gasteiger partial charge in [0, 0.05) is 4.83 Å². The Hall–Kier alpha value is 0.220. The van der Waals surface area contributed by atoms with Crippen LogP contribution in [0.2, 0.25) is 0 Å². The average molecular weight is 175 g/mol. The van der Waals surface area contributed by atoms with Crippen LogP contribution in [0.4, 0.5) is 0 Å². The number of halogens is 1. The Morgan fingerprint density at radius 1 is 1.62 bits per heavy atom. The van der Waals surface area contributed by atoms with E-state index in [4.69, 9.17) is 0 Å². The van der Waals surface area contributed by atoms with Crippen molar-refractivity contribution in [3.63, 3.8) is 0 Å². The Morgan fingerprint density at radius 3 is 2.75 bits per heavy atom. The van der Waals surface area contributed by atoms with Gasteiger partial charge in [0.05, 0.1) is 0 Å². The zero-order chi connectivity index (χ0) is 5.98. The minimum atomic E-state index is 0.729. The van der Waals surface area contributed by atoms with Crippen LogP contribution < -0.4 is 0 Å². The van der Waals surface area contributed by atoms with Gasteiger partial charge in [-0.15, -0.1) is 0 Å². The van der Waals surface area contributed by atoms with Gasteiger partial charge in [-0.1, -0.05) is 35.0 Å². The second-order valence-electron chi connectivity index (χ2n) is 2.38. The zero-order valence-corrected chi connectivity index (χ0v) is 6.69. The minimum Gasteiger partial charge on any atom is -0.0884 e. The summed E-state index contributed by atoms with van der Waals surface area (Å²) in [5.74, 6) is 0.740. The van der Waals surface area contributed by atoms with E-state index >= 15 is 0 Å². The summed E-state index contributed by atoms with van der Waals surface area (Å²) in [5, 5.41) is 0. The Morgan fingerprint density at radius 2 is 2.38 bits per heavy atom. The molecule has 1 aliphatic rings. The van der Waals surface area contributed by atoms with Crippen LogP contribution in [-0.4, -0.2) is 4.83 Å². The lowest BCUT2D eigenvalue weighted by Gasteiger charge is -2.17. The highest BCUT2D eigenvalue weighted by molar-refractivity contribution is 9.09. The van der Waals surface area contributed by atoms with Crippen molar-refractivity contribution in [3.05, 3.63) is 12.2 Å². The van der Waals surface area contributed by atoms with Gasteiger partial charge in [0.15, 0.2) is 0 Å². The molecule has 0 N–H and O–H groups in total. The van der Waals surface area contributed by atoms with Gasteiger partial charge in [0.2, 0.25) is 0 Å². The fraction of sp³-hybridized carbons (Fsp3) is 0.714. The number of alkyl halides is 1. The van der Waals surface area contributed by atoms with Crippen molar-refractivity contribution >= 4 is 15.9 Å². The van der Waals surface area contributed by atoms with Crippen LogP contribution in [0.3, 0.4) is 0 Å². The van der Waals surface area contributed by atoms with Gasteiger partial charge in [0.25, 0.3) is 0 Å². The monoisotopic (exact) mass is 174 g/mol. The van der Waals surface area contributed by atoms with Gasteiger partial charge in [-0.3, -0.25) is 0 Å². The summed E-state index contributed by atoms with van der Waals surface area (Å²) in [5.41, 5.74) is 0. The smallest absolute Gasteiger partial charge is 0.0208 e. The highest BCUT2D eigenvalue weighted by Gasteiger charge is 2.12. The third-order valence-electron chi connectivity index (χ3n) is 1.62. The lowest BCUT2D eigenvalue weighted by Crippen LogP contribution is -2.10. The van der Waals surface area contributed by atoms with E-state index in [1.54, 1.807) is 0 Å². The molecule has 2 unspecified atom stereocenters. The highest BCUT2D eigenvalue weighted by atomic mass is 79.9. The summed E-state index contributed by atoms with van der Waals surface area (Å²) in [6.45, 7) is 2.25. The first-order valence-corrected chi connectivity index (χ1v) is 4.03. The van der Waals surface area contributed by atoms with Crippen LogP contribution in [0.25, 0.3) is 0 Å². The largest absolute Gasteiger partial charge is 0.0884 e. The van der Waals surface area contributed by atoms with Crippen molar-refractivity contribution in [1.82, 2.24) is 0 Å². The van der Waals surface area contributed by atoms with E-state index in [0.29, 0.717) is 0 Å². The van der Waals surface area contributed by atoms with Gasteiger partial charge in [-0.2, -0.15) is 0 Å². The molecule has 0 saturated carbocycles. The van der Waals surface area contributed by atoms with E-state index in [9.17, 15) is 0 Å². The van der Waals surface area contributed by atoms with Crippen LogP contribution >= 0.6 is 15.9 Å². The first-order valence-electron chi connectivity index (χ1n) is 3.11. The maximum Gasteiger partial charge on any atom is 0.0208 e. The third kappa shape index (κ3) is 1.35. The molecule has 1 aliphatic carbocycles. The van der Waals surface area contributed by atoms with E-state index in [1.165, 1.54) is 12.8 Å². The van der Waals surface area contributed by atoms with Crippen molar-refractivity contribution < 1.29 is 0 Å². The molecule has 0 saturated heterocycles. The van der Waals surface area contributed by atoms with Gasteiger partial charge in [-0.05, 0) is 18.8 Å². The molecular formula is C7H11Br. The first-order chi connectivity index (χ1) is 3.80. The second kappa shape index (κ2) is 2.67. The SMILES string of the molecule is CC1C=CCCC1Br. The molecule has 0 nitrogen and oxygen atoms in total. The molecule has 0 aromatic rings. The van der Waals surface area contributed by atoms with Crippen LogP contribution in [0.15, 0.2) is 12.2 Å². The van der Waals surface area contributed by atoms with E-state index in [2.05, 4.69) is 35.0 Å². The molecule has 2 atom stereocenters. The Kier molecular flexibility index (Phi) is 2.12. The number of hydrogen-bond donors (Lipinski definition) is 0. The van der Waals surface area contributed by atoms with Crippen LogP contribution in [-0.2, 0) is 0 Å². The van der Waals surface area contributed by atoms with Crippen LogP contribution in [0.1, 0.15) is 19.8 Å². The van der Waals surface area contributed by atoms with Gasteiger partial charge < -0.3 is 0 Å². The fourth-order valence-electron chi connectivity index (χ4n) is 0.950. The fourth-order valence-corrected chi connectivity index (χ4v) is 1.39. The van der Waals surface area contributed by atoms with Crippen molar-refractivity contribution in [3.8, 4) is 0 Å². The Bertz CT molecular complexity index is 96.6. The minimum absolute atomic E-state index is 0.729. The number of allylic oxidation sites excluding steroid dienone is 2. The molecule has 1 rings (SSSR count). The van der Waals surface area contributed by atoms with Crippen molar-refractivity contribution in [2.75, 3.05) is 0 Å². The number of hydrogen-bond acceptors (Lipinski definition) is 0. The van der Waals surface area contributed by atoms with E-state index in [-0.39, 0.29) is 0 Å². The van der Waals surface area contributed by atoms with E-state index < -0.39 is 0 Å². The molecule has 0 spiro atoms. The van der Waals surface area contributed by atoms with Crippen molar-refractivity contribution in [1.29, 1.82) is 0 Å². The quantitative estimate of drug-likeness (QED) is 0.392. The summed E-state index contributed by atoms with van der Waals surface area (Å²) >= 11 is 3.60. The van der Waals surface area contributed by atoms with Crippen molar-refractivity contribution in [2.45, 2.75) is 24.6 Å². The molecular weight excluding hydrogens is 164 g/mol. The van der Waals surface area contributed by atoms with Gasteiger partial charge >= 0.3 is 0 Å². The highest BCUT2D eigenvalue weighted by Crippen LogP contribution is 2.23. The maximum absolute atomic E-state index is 3.60. The molecule has 0 heterocycles. The zero-order valence-electron chi connectivity index (χ0n) is 5.10.